The largest absolute Gasteiger partial charge is 0.416 e. The lowest BCUT2D eigenvalue weighted by Crippen LogP contribution is -2.50. The van der Waals surface area contributed by atoms with Gasteiger partial charge in [0.1, 0.15) is 12.9 Å². The van der Waals surface area contributed by atoms with Crippen molar-refractivity contribution in [1.82, 2.24) is 30.0 Å². The number of piperidine rings is 2. The summed E-state index contributed by atoms with van der Waals surface area (Å²) >= 11 is 0. The van der Waals surface area contributed by atoms with Crippen LogP contribution >= 0.6 is 0 Å². The molecule has 0 spiro atoms. The number of alkyl halides is 6. The highest BCUT2D eigenvalue weighted by Crippen LogP contribution is 2.40. The number of benzene rings is 2. The molecule has 2 amide bonds. The average Bonchev–Trinajstić information content (AvgIpc) is 3.53. The maximum atomic E-state index is 13.6. The standard InChI is InChI=1S/C30H32F6N6O3/c1-19(22-13-23(29(31,32)33)15-24(14-22)30(34,35)36)45-26-9-12-41(16-25(26)20-5-3-2-4-6-20)28(44)21-7-10-40(11-8-21)27(43)17-42-18-37-38-39-42/h2-6,13-15,18-19,21,25-26H,7-12,16-17H2,1H3/t19-,25?,26+/m1/s1. The molecule has 2 aliphatic heterocycles. The highest BCUT2D eigenvalue weighted by atomic mass is 19.4. The second kappa shape index (κ2) is 13.2. The van der Waals surface area contributed by atoms with E-state index in [1.807, 2.05) is 30.3 Å². The molecule has 2 fully saturated rings. The molecule has 2 saturated heterocycles. The van der Waals surface area contributed by atoms with E-state index in [9.17, 15) is 35.9 Å². The van der Waals surface area contributed by atoms with E-state index < -0.39 is 35.7 Å². The van der Waals surface area contributed by atoms with Gasteiger partial charge in [-0.15, -0.1) is 5.10 Å². The molecule has 1 aromatic heterocycles. The van der Waals surface area contributed by atoms with Crippen LogP contribution in [0.1, 0.15) is 60.5 Å². The Bertz CT molecular complexity index is 1430. The maximum Gasteiger partial charge on any atom is 0.416 e. The zero-order valence-corrected chi connectivity index (χ0v) is 24.3. The molecular formula is C30H32F6N6O3. The number of ether oxygens (including phenoxy) is 1. The number of hydrogen-bond donors (Lipinski definition) is 0. The van der Waals surface area contributed by atoms with Crippen LogP contribution in [0.25, 0.3) is 0 Å². The van der Waals surface area contributed by atoms with E-state index in [1.165, 1.54) is 17.9 Å². The Morgan fingerprint density at radius 2 is 1.53 bits per heavy atom. The van der Waals surface area contributed by atoms with Crippen LogP contribution in [0.15, 0.2) is 54.9 Å². The van der Waals surface area contributed by atoms with Gasteiger partial charge in [-0.3, -0.25) is 9.59 Å². The van der Waals surface area contributed by atoms with Crippen LogP contribution in [0, 0.1) is 5.92 Å². The SMILES string of the molecule is C[C@@H](O[C@H]1CCN(C(=O)C2CCN(C(=O)Cn3cnnn3)CC2)CC1c1ccccc1)c1cc(C(F)(F)F)cc(C(F)(F)F)c1. The van der Waals surface area contributed by atoms with Gasteiger partial charge in [-0.2, -0.15) is 26.3 Å². The molecule has 9 nitrogen and oxygen atoms in total. The van der Waals surface area contributed by atoms with Gasteiger partial charge in [0, 0.05) is 38.0 Å². The van der Waals surface area contributed by atoms with Gasteiger partial charge < -0.3 is 14.5 Å². The highest BCUT2D eigenvalue weighted by Gasteiger charge is 2.40. The molecule has 0 saturated carbocycles. The molecule has 3 heterocycles. The van der Waals surface area contributed by atoms with E-state index in [4.69, 9.17) is 4.74 Å². The van der Waals surface area contributed by atoms with Gasteiger partial charge in [-0.1, -0.05) is 30.3 Å². The van der Waals surface area contributed by atoms with Crippen LogP contribution in [-0.4, -0.2) is 74.1 Å². The van der Waals surface area contributed by atoms with Crippen LogP contribution in [0.3, 0.4) is 0 Å². The first kappa shape index (κ1) is 32.4. The summed E-state index contributed by atoms with van der Waals surface area (Å²) in [6.07, 6.45) is -8.92. The number of amides is 2. The van der Waals surface area contributed by atoms with Crippen molar-refractivity contribution in [1.29, 1.82) is 0 Å². The van der Waals surface area contributed by atoms with Gasteiger partial charge >= 0.3 is 12.4 Å². The number of tetrazole rings is 1. The first-order valence-electron chi connectivity index (χ1n) is 14.6. The molecule has 3 atom stereocenters. The lowest BCUT2D eigenvalue weighted by atomic mass is 9.86. The number of carbonyl (C=O) groups excluding carboxylic acids is 2. The summed E-state index contributed by atoms with van der Waals surface area (Å²) in [6, 6.07) is 10.7. The van der Waals surface area contributed by atoms with Crippen molar-refractivity contribution in [3.63, 3.8) is 0 Å². The van der Waals surface area contributed by atoms with E-state index >= 15 is 0 Å². The maximum absolute atomic E-state index is 13.6. The Morgan fingerprint density at radius 1 is 0.911 bits per heavy atom. The van der Waals surface area contributed by atoms with Gasteiger partial charge in [0.15, 0.2) is 0 Å². The lowest BCUT2D eigenvalue weighted by Gasteiger charge is -2.42. The molecule has 2 aromatic carbocycles. The van der Waals surface area contributed by atoms with Gasteiger partial charge in [-0.25, -0.2) is 4.68 Å². The van der Waals surface area contributed by atoms with E-state index in [1.54, 1.807) is 9.80 Å². The fourth-order valence-electron chi connectivity index (χ4n) is 5.99. The van der Waals surface area contributed by atoms with Crippen molar-refractivity contribution in [3.8, 4) is 0 Å². The van der Waals surface area contributed by atoms with Crippen molar-refractivity contribution < 1.29 is 40.7 Å². The number of hydrogen-bond acceptors (Lipinski definition) is 6. The van der Waals surface area contributed by atoms with Gasteiger partial charge in [0.25, 0.3) is 0 Å². The second-order valence-corrected chi connectivity index (χ2v) is 11.4. The number of aromatic nitrogens is 4. The molecular weight excluding hydrogens is 606 g/mol. The molecule has 5 rings (SSSR count). The van der Waals surface area contributed by atoms with Crippen molar-refractivity contribution in [2.45, 2.75) is 63.2 Å². The minimum absolute atomic E-state index is 0.00826. The summed E-state index contributed by atoms with van der Waals surface area (Å²) in [4.78, 5) is 29.6. The van der Waals surface area contributed by atoms with E-state index in [0.717, 1.165) is 5.56 Å². The fraction of sp³-hybridized carbons (Fsp3) is 0.500. The average molecular weight is 639 g/mol. The predicted octanol–water partition coefficient (Wildman–Crippen LogP) is 5.11. The number of carbonyl (C=O) groups is 2. The molecule has 2 aliphatic rings. The topological polar surface area (TPSA) is 93.5 Å². The smallest absolute Gasteiger partial charge is 0.370 e. The van der Waals surface area contributed by atoms with Gasteiger partial charge in [0.05, 0.1) is 23.3 Å². The Kier molecular flexibility index (Phi) is 9.46. The molecule has 45 heavy (non-hydrogen) atoms. The van der Waals surface area contributed by atoms with Crippen LogP contribution in [0.2, 0.25) is 0 Å². The minimum Gasteiger partial charge on any atom is -0.370 e. The monoisotopic (exact) mass is 638 g/mol. The Morgan fingerprint density at radius 3 is 2.11 bits per heavy atom. The Labute approximate surface area is 255 Å². The number of likely N-dealkylation sites (tertiary alicyclic amines) is 2. The third-order valence-corrected chi connectivity index (χ3v) is 8.43. The van der Waals surface area contributed by atoms with Crippen LogP contribution in [0.4, 0.5) is 26.3 Å². The first-order chi connectivity index (χ1) is 21.3. The molecule has 0 aliphatic carbocycles. The van der Waals surface area contributed by atoms with Crippen LogP contribution < -0.4 is 0 Å². The molecule has 15 heteroatoms. The van der Waals surface area contributed by atoms with Crippen molar-refractivity contribution in [3.05, 3.63) is 77.1 Å². The normalized spacial score (nSPS) is 20.7. The zero-order valence-electron chi connectivity index (χ0n) is 24.3. The van der Waals surface area contributed by atoms with Crippen molar-refractivity contribution in [2.24, 2.45) is 5.92 Å². The predicted molar refractivity (Wildman–Crippen MR) is 147 cm³/mol. The van der Waals surface area contributed by atoms with Crippen LogP contribution in [-0.2, 0) is 33.2 Å². The molecule has 0 radical (unpaired) electrons. The second-order valence-electron chi connectivity index (χ2n) is 11.4. The molecule has 1 unspecified atom stereocenters. The quantitative estimate of drug-likeness (QED) is 0.334. The van der Waals surface area contributed by atoms with Crippen molar-refractivity contribution >= 4 is 11.8 Å². The Balaban J connectivity index is 1.27. The van der Waals surface area contributed by atoms with Gasteiger partial charge in [-0.05, 0) is 65.9 Å². The molecule has 0 bridgehead atoms. The van der Waals surface area contributed by atoms with Crippen molar-refractivity contribution in [2.75, 3.05) is 26.2 Å². The van der Waals surface area contributed by atoms with E-state index in [0.29, 0.717) is 51.0 Å². The van der Waals surface area contributed by atoms with E-state index in [-0.39, 0.29) is 48.4 Å². The third kappa shape index (κ3) is 7.81. The molecule has 242 valence electrons. The summed E-state index contributed by atoms with van der Waals surface area (Å²) in [5, 5.41) is 10.7. The lowest BCUT2D eigenvalue weighted by molar-refractivity contribution is -0.144. The Hall–Kier alpha value is -4.01. The minimum atomic E-state index is -4.97. The first-order valence-corrected chi connectivity index (χ1v) is 14.6. The molecule has 3 aromatic rings. The summed E-state index contributed by atoms with van der Waals surface area (Å²) in [5.74, 6) is -0.853. The van der Waals surface area contributed by atoms with Crippen LogP contribution in [0.5, 0.6) is 0 Å². The highest BCUT2D eigenvalue weighted by molar-refractivity contribution is 5.80. The number of halogens is 6. The summed E-state index contributed by atoms with van der Waals surface area (Å²) in [5.41, 5.74) is -2.18. The zero-order chi connectivity index (χ0) is 32.4. The van der Waals surface area contributed by atoms with E-state index in [2.05, 4.69) is 15.5 Å². The summed E-state index contributed by atoms with van der Waals surface area (Å²) in [6.45, 7) is 2.85. The molecule has 0 N–H and O–H groups in total. The number of nitrogens with zero attached hydrogens (tertiary/aromatic N) is 6. The third-order valence-electron chi connectivity index (χ3n) is 8.43. The summed E-state index contributed by atoms with van der Waals surface area (Å²) in [7, 11) is 0. The van der Waals surface area contributed by atoms with Gasteiger partial charge in [0.2, 0.25) is 11.8 Å². The number of rotatable bonds is 7. The summed E-state index contributed by atoms with van der Waals surface area (Å²) < 4.78 is 88.4. The fourth-order valence-corrected chi connectivity index (χ4v) is 5.99.